The monoisotopic (exact) mass is 472 g/mol. The zero-order valence-corrected chi connectivity index (χ0v) is 20.1. The number of esters is 1. The van der Waals surface area contributed by atoms with Gasteiger partial charge in [-0.3, -0.25) is 24.1 Å². The molecule has 2 aromatic rings. The summed E-state index contributed by atoms with van der Waals surface area (Å²) >= 11 is 0. The van der Waals surface area contributed by atoms with Gasteiger partial charge in [-0.25, -0.2) is 0 Å². The van der Waals surface area contributed by atoms with Crippen LogP contribution < -0.4 is 14.5 Å². The molecule has 2 heterocycles. The molecule has 3 aliphatic rings. The Morgan fingerprint density at radius 3 is 2.37 bits per heavy atom. The Hall–Kier alpha value is -3.74. The molecular formula is C28H28N2O5. The zero-order valence-electron chi connectivity index (χ0n) is 20.1. The van der Waals surface area contributed by atoms with Crippen molar-refractivity contribution >= 4 is 35.1 Å². The van der Waals surface area contributed by atoms with Gasteiger partial charge in [-0.05, 0) is 75.1 Å². The highest BCUT2D eigenvalue weighted by atomic mass is 16.5. The van der Waals surface area contributed by atoms with Gasteiger partial charge < -0.3 is 9.64 Å². The molecule has 0 N–H and O–H groups in total. The minimum atomic E-state index is -0.567. The first kappa shape index (κ1) is 23.0. The van der Waals surface area contributed by atoms with Crippen molar-refractivity contribution in [2.45, 2.75) is 40.0 Å². The van der Waals surface area contributed by atoms with Gasteiger partial charge in [-0.2, -0.15) is 0 Å². The molecule has 0 radical (unpaired) electrons. The Morgan fingerprint density at radius 1 is 0.914 bits per heavy atom. The second-order valence-corrected chi connectivity index (χ2v) is 9.75. The Kier molecular flexibility index (Phi) is 5.79. The molecule has 7 nitrogen and oxygen atoms in total. The molecule has 3 amide bonds. The molecule has 7 heteroatoms. The number of benzene rings is 2. The fourth-order valence-corrected chi connectivity index (χ4v) is 5.28. The van der Waals surface area contributed by atoms with Crippen LogP contribution in [0.3, 0.4) is 0 Å². The molecule has 2 saturated heterocycles. The third kappa shape index (κ3) is 4.05. The number of carbonyl (C=O) groups is 4. The fraction of sp³-hybridized carbons (Fsp3) is 0.357. The van der Waals surface area contributed by atoms with Crippen LogP contribution in [0.5, 0.6) is 5.75 Å². The summed E-state index contributed by atoms with van der Waals surface area (Å²) in [5, 5.41) is 0. The van der Waals surface area contributed by atoms with Crippen molar-refractivity contribution in [2.75, 3.05) is 16.3 Å². The number of hydrogen-bond donors (Lipinski definition) is 0. The van der Waals surface area contributed by atoms with Crippen LogP contribution in [-0.2, 0) is 19.2 Å². The van der Waals surface area contributed by atoms with E-state index in [0.717, 1.165) is 22.4 Å². The molecule has 2 aromatic carbocycles. The van der Waals surface area contributed by atoms with Crippen molar-refractivity contribution in [3.05, 3.63) is 65.2 Å². The Labute approximate surface area is 204 Å². The minimum absolute atomic E-state index is 0.0946. The van der Waals surface area contributed by atoms with Gasteiger partial charge in [0, 0.05) is 18.7 Å². The maximum Gasteiger partial charge on any atom is 0.316 e. The zero-order chi connectivity index (χ0) is 24.9. The predicted octanol–water partition coefficient (Wildman–Crippen LogP) is 4.11. The number of amides is 3. The summed E-state index contributed by atoms with van der Waals surface area (Å²) in [7, 11) is 0. The number of imide groups is 1. The van der Waals surface area contributed by atoms with Crippen LogP contribution in [0.25, 0.3) is 0 Å². The standard InChI is InChI=1S/C28H28N2O5/c1-16-7-12-22-23(13-16)27(33)30(26(22)32)20-8-10-21(11-9-20)35-28(34)19-14-25(31)29(15-19)24-6-4-5-17(2)18(24)3/h4-11,19,22-23H,12-15H2,1-3H3/t19-,22-,23+/m0/s1. The van der Waals surface area contributed by atoms with Gasteiger partial charge >= 0.3 is 5.97 Å². The number of allylic oxidation sites excluding steroid dienone is 2. The summed E-state index contributed by atoms with van der Waals surface area (Å²) in [6.07, 6.45) is 3.33. The van der Waals surface area contributed by atoms with E-state index >= 15 is 0 Å². The van der Waals surface area contributed by atoms with Crippen LogP contribution in [0.1, 0.15) is 37.3 Å². The van der Waals surface area contributed by atoms with E-state index in [2.05, 4.69) is 0 Å². The molecular weight excluding hydrogens is 444 g/mol. The lowest BCUT2D eigenvalue weighted by molar-refractivity contribution is -0.139. The number of rotatable bonds is 4. The molecule has 5 rings (SSSR count). The summed E-state index contributed by atoms with van der Waals surface area (Å²) in [5.41, 5.74) is 4.53. The summed E-state index contributed by atoms with van der Waals surface area (Å²) in [5.74, 6) is -1.78. The topological polar surface area (TPSA) is 84.0 Å². The van der Waals surface area contributed by atoms with Gasteiger partial charge in [0.1, 0.15) is 5.75 Å². The van der Waals surface area contributed by atoms with Gasteiger partial charge in [-0.1, -0.05) is 23.8 Å². The first-order valence-corrected chi connectivity index (χ1v) is 12.0. The number of nitrogens with zero attached hydrogens (tertiary/aromatic N) is 2. The lowest BCUT2D eigenvalue weighted by Gasteiger charge is -2.20. The van der Waals surface area contributed by atoms with Crippen molar-refractivity contribution in [1.29, 1.82) is 0 Å². The number of anilines is 2. The normalized spacial score (nSPS) is 24.0. The maximum absolute atomic E-state index is 12.9. The second kappa shape index (κ2) is 8.80. The molecule has 0 saturated carbocycles. The highest BCUT2D eigenvalue weighted by molar-refractivity contribution is 6.22. The number of hydrogen-bond acceptors (Lipinski definition) is 5. The van der Waals surface area contributed by atoms with Crippen LogP contribution in [0.4, 0.5) is 11.4 Å². The Balaban J connectivity index is 1.25. The van der Waals surface area contributed by atoms with Crippen molar-refractivity contribution in [3.63, 3.8) is 0 Å². The van der Waals surface area contributed by atoms with Crippen molar-refractivity contribution < 1.29 is 23.9 Å². The molecule has 180 valence electrons. The number of fused-ring (bicyclic) bond motifs is 1. The number of carbonyl (C=O) groups excluding carboxylic acids is 4. The molecule has 0 unspecified atom stereocenters. The van der Waals surface area contributed by atoms with Gasteiger partial charge in [0.15, 0.2) is 0 Å². The number of aryl methyl sites for hydroxylation is 1. The molecule has 3 atom stereocenters. The van der Waals surface area contributed by atoms with E-state index < -0.39 is 11.9 Å². The van der Waals surface area contributed by atoms with Crippen molar-refractivity contribution in [1.82, 2.24) is 0 Å². The van der Waals surface area contributed by atoms with Crippen LogP contribution in [-0.4, -0.2) is 30.2 Å². The van der Waals surface area contributed by atoms with E-state index in [-0.39, 0.29) is 42.5 Å². The molecule has 0 aromatic heterocycles. The van der Waals surface area contributed by atoms with E-state index in [9.17, 15) is 19.2 Å². The highest BCUT2D eigenvalue weighted by Crippen LogP contribution is 2.40. The van der Waals surface area contributed by atoms with Gasteiger partial charge in [-0.15, -0.1) is 0 Å². The molecule has 0 bridgehead atoms. The largest absolute Gasteiger partial charge is 0.426 e. The van der Waals surface area contributed by atoms with E-state index in [1.165, 1.54) is 4.90 Å². The SMILES string of the molecule is CC1=CC[C@@H]2C(=O)N(c3ccc(OC(=O)[C@H]4CC(=O)N(c5cccc(C)c5C)C4)cc3)C(=O)[C@@H]2C1. The molecule has 1 aliphatic carbocycles. The minimum Gasteiger partial charge on any atom is -0.426 e. The number of ether oxygens (including phenoxy) is 1. The maximum atomic E-state index is 12.9. The van der Waals surface area contributed by atoms with E-state index in [4.69, 9.17) is 4.74 Å². The summed E-state index contributed by atoms with van der Waals surface area (Å²) in [6, 6.07) is 12.2. The van der Waals surface area contributed by atoms with Crippen LogP contribution in [0.2, 0.25) is 0 Å². The average molecular weight is 473 g/mol. The third-order valence-corrected chi connectivity index (χ3v) is 7.46. The molecule has 35 heavy (non-hydrogen) atoms. The lowest BCUT2D eigenvalue weighted by Crippen LogP contribution is -2.30. The third-order valence-electron chi connectivity index (χ3n) is 7.46. The van der Waals surface area contributed by atoms with E-state index in [1.54, 1.807) is 29.2 Å². The van der Waals surface area contributed by atoms with E-state index in [0.29, 0.717) is 24.3 Å². The van der Waals surface area contributed by atoms with Crippen LogP contribution in [0.15, 0.2) is 54.1 Å². The smallest absolute Gasteiger partial charge is 0.316 e. The van der Waals surface area contributed by atoms with Gasteiger partial charge in [0.05, 0.1) is 23.4 Å². The summed E-state index contributed by atoms with van der Waals surface area (Å²) in [4.78, 5) is 54.1. The average Bonchev–Trinajstić information content (AvgIpc) is 3.33. The first-order valence-electron chi connectivity index (χ1n) is 12.0. The Bertz CT molecular complexity index is 1260. The predicted molar refractivity (Wildman–Crippen MR) is 131 cm³/mol. The van der Waals surface area contributed by atoms with Crippen LogP contribution >= 0.6 is 0 Å². The lowest BCUT2D eigenvalue weighted by atomic mass is 9.82. The quantitative estimate of drug-likeness (QED) is 0.289. The second-order valence-electron chi connectivity index (χ2n) is 9.75. The van der Waals surface area contributed by atoms with Gasteiger partial charge in [0.2, 0.25) is 17.7 Å². The van der Waals surface area contributed by atoms with Crippen molar-refractivity contribution in [2.24, 2.45) is 17.8 Å². The molecule has 2 aliphatic heterocycles. The molecule has 0 spiro atoms. The summed E-state index contributed by atoms with van der Waals surface area (Å²) < 4.78 is 5.55. The van der Waals surface area contributed by atoms with Crippen molar-refractivity contribution in [3.8, 4) is 5.75 Å². The van der Waals surface area contributed by atoms with E-state index in [1.807, 2.05) is 45.0 Å². The Morgan fingerprint density at radius 2 is 1.63 bits per heavy atom. The molecule has 2 fully saturated rings. The van der Waals surface area contributed by atoms with Crippen LogP contribution in [0, 0.1) is 31.6 Å². The van der Waals surface area contributed by atoms with Gasteiger partial charge in [0.25, 0.3) is 0 Å². The summed E-state index contributed by atoms with van der Waals surface area (Å²) in [6.45, 7) is 6.21. The highest BCUT2D eigenvalue weighted by Gasteiger charge is 2.48. The first-order chi connectivity index (χ1) is 16.7. The fourth-order valence-electron chi connectivity index (χ4n) is 5.28.